The van der Waals surface area contributed by atoms with Gasteiger partial charge in [-0.05, 0) is 38.4 Å². The second kappa shape index (κ2) is 9.53. The first-order chi connectivity index (χ1) is 8.97. The summed E-state index contributed by atoms with van der Waals surface area (Å²) in [5.41, 5.74) is 6.13. The van der Waals surface area contributed by atoms with E-state index >= 15 is 0 Å². The Morgan fingerprint density at radius 1 is 1.11 bits per heavy atom. The van der Waals surface area contributed by atoms with Crippen LogP contribution in [0, 0.1) is 6.92 Å². The lowest BCUT2D eigenvalue weighted by molar-refractivity contribution is 0.595. The molecule has 0 atom stereocenters. The molecule has 4 heteroatoms. The summed E-state index contributed by atoms with van der Waals surface area (Å²) in [6, 6.07) is 6.91. The fourth-order valence-electron chi connectivity index (χ4n) is 1.22. The fraction of sp³-hybridized carbons (Fsp3) is 0.333. The van der Waals surface area contributed by atoms with Gasteiger partial charge in [0.25, 0.3) is 0 Å². The molecule has 0 aliphatic carbocycles. The number of aryl methyl sites for hydroxylation is 1. The highest BCUT2D eigenvalue weighted by Gasteiger charge is 2.12. The molecule has 0 saturated heterocycles. The van der Waals surface area contributed by atoms with Crippen LogP contribution in [-0.2, 0) is 9.84 Å². The molecule has 0 amide bonds. The predicted octanol–water partition coefficient (Wildman–Crippen LogP) is 2.87. The SMILES string of the molecule is C=CCCN.C=CCCS(=O)(=O)c1ccc(C)cc1. The molecular formula is C15H23NO2S. The maximum absolute atomic E-state index is 11.7. The number of benzene rings is 1. The lowest BCUT2D eigenvalue weighted by Crippen LogP contribution is -2.05. The van der Waals surface area contributed by atoms with Crippen molar-refractivity contribution in [2.24, 2.45) is 5.73 Å². The van der Waals surface area contributed by atoms with E-state index in [1.54, 1.807) is 36.4 Å². The van der Waals surface area contributed by atoms with Crippen LogP contribution in [0.5, 0.6) is 0 Å². The molecule has 19 heavy (non-hydrogen) atoms. The van der Waals surface area contributed by atoms with Crippen molar-refractivity contribution >= 4 is 9.84 Å². The Hall–Kier alpha value is -1.39. The van der Waals surface area contributed by atoms with Gasteiger partial charge in [0.15, 0.2) is 9.84 Å². The van der Waals surface area contributed by atoms with Gasteiger partial charge in [-0.15, -0.1) is 13.2 Å². The first-order valence-electron chi connectivity index (χ1n) is 6.19. The summed E-state index contributed by atoms with van der Waals surface area (Å²) in [6.07, 6.45) is 4.85. The van der Waals surface area contributed by atoms with E-state index in [2.05, 4.69) is 13.2 Å². The number of allylic oxidation sites excluding steroid dienone is 1. The second-order valence-corrected chi connectivity index (χ2v) is 6.18. The van der Waals surface area contributed by atoms with Gasteiger partial charge < -0.3 is 5.73 Å². The van der Waals surface area contributed by atoms with E-state index in [1.165, 1.54) is 0 Å². The predicted molar refractivity (Wildman–Crippen MR) is 81.9 cm³/mol. The van der Waals surface area contributed by atoms with Crippen LogP contribution in [0.1, 0.15) is 18.4 Å². The zero-order chi connectivity index (χ0) is 14.7. The van der Waals surface area contributed by atoms with Crippen LogP contribution in [0.2, 0.25) is 0 Å². The van der Waals surface area contributed by atoms with E-state index in [4.69, 9.17) is 5.73 Å². The molecule has 0 spiro atoms. The zero-order valence-corrected chi connectivity index (χ0v) is 12.3. The largest absolute Gasteiger partial charge is 0.330 e. The average Bonchev–Trinajstić information content (AvgIpc) is 2.39. The molecular weight excluding hydrogens is 258 g/mol. The highest BCUT2D eigenvalue weighted by molar-refractivity contribution is 7.91. The molecule has 3 nitrogen and oxygen atoms in total. The molecule has 0 bridgehead atoms. The van der Waals surface area contributed by atoms with Gasteiger partial charge in [0.2, 0.25) is 0 Å². The van der Waals surface area contributed by atoms with Crippen LogP contribution >= 0.6 is 0 Å². The fourth-order valence-corrected chi connectivity index (χ4v) is 2.48. The van der Waals surface area contributed by atoms with Gasteiger partial charge in [-0.2, -0.15) is 0 Å². The van der Waals surface area contributed by atoms with E-state index < -0.39 is 9.84 Å². The number of hydrogen-bond donors (Lipinski definition) is 1. The summed E-state index contributed by atoms with van der Waals surface area (Å²) in [5.74, 6) is 0.138. The van der Waals surface area contributed by atoms with Gasteiger partial charge in [0.1, 0.15) is 0 Å². The standard InChI is InChI=1S/C11H14O2S.C4H9N/c1-3-4-9-14(12,13)11-7-5-10(2)6-8-11;1-2-3-4-5/h3,5-8H,1,4,9H2,2H3;2H,1,3-5H2. The number of sulfone groups is 1. The molecule has 106 valence electrons. The van der Waals surface area contributed by atoms with E-state index in [9.17, 15) is 8.42 Å². The lowest BCUT2D eigenvalue weighted by Gasteiger charge is -2.02. The Labute approximate surface area is 116 Å². The first kappa shape index (κ1) is 17.6. The minimum Gasteiger partial charge on any atom is -0.330 e. The molecule has 0 aromatic heterocycles. The van der Waals surface area contributed by atoms with Gasteiger partial charge >= 0.3 is 0 Å². The molecule has 0 unspecified atom stereocenters. The van der Waals surface area contributed by atoms with Crippen molar-refractivity contribution in [3.05, 3.63) is 55.1 Å². The summed E-state index contributed by atoms with van der Waals surface area (Å²) < 4.78 is 23.3. The average molecular weight is 281 g/mol. The lowest BCUT2D eigenvalue weighted by atomic mass is 10.2. The Morgan fingerprint density at radius 3 is 2.00 bits per heavy atom. The molecule has 0 aliphatic heterocycles. The summed E-state index contributed by atoms with van der Waals surface area (Å²) >= 11 is 0. The van der Waals surface area contributed by atoms with Crippen LogP contribution < -0.4 is 5.73 Å². The molecule has 1 aromatic rings. The third-order valence-corrected chi connectivity index (χ3v) is 4.11. The molecule has 0 fully saturated rings. The number of hydrogen-bond acceptors (Lipinski definition) is 3. The number of rotatable bonds is 6. The second-order valence-electron chi connectivity index (χ2n) is 4.08. The van der Waals surface area contributed by atoms with Crippen molar-refractivity contribution < 1.29 is 8.42 Å². The Balaban J connectivity index is 0.000000555. The van der Waals surface area contributed by atoms with E-state index in [1.807, 2.05) is 6.92 Å². The Morgan fingerprint density at radius 2 is 1.63 bits per heavy atom. The van der Waals surface area contributed by atoms with E-state index in [0.717, 1.165) is 18.5 Å². The summed E-state index contributed by atoms with van der Waals surface area (Å²) in [4.78, 5) is 0.393. The summed E-state index contributed by atoms with van der Waals surface area (Å²) in [6.45, 7) is 9.63. The van der Waals surface area contributed by atoms with Crippen molar-refractivity contribution in [3.8, 4) is 0 Å². The Bertz CT molecular complexity index is 475. The first-order valence-corrected chi connectivity index (χ1v) is 7.84. The monoisotopic (exact) mass is 281 g/mol. The zero-order valence-electron chi connectivity index (χ0n) is 11.5. The van der Waals surface area contributed by atoms with Crippen molar-refractivity contribution in [1.29, 1.82) is 0 Å². The molecule has 0 saturated carbocycles. The maximum Gasteiger partial charge on any atom is 0.178 e. The van der Waals surface area contributed by atoms with E-state index in [-0.39, 0.29) is 5.75 Å². The van der Waals surface area contributed by atoms with Crippen LogP contribution in [0.25, 0.3) is 0 Å². The van der Waals surface area contributed by atoms with Crippen molar-refractivity contribution in [2.75, 3.05) is 12.3 Å². The molecule has 1 aromatic carbocycles. The molecule has 1 rings (SSSR count). The maximum atomic E-state index is 11.7. The van der Waals surface area contributed by atoms with Gasteiger partial charge in [-0.3, -0.25) is 0 Å². The van der Waals surface area contributed by atoms with Crippen LogP contribution in [0.15, 0.2) is 54.5 Å². The minimum absolute atomic E-state index is 0.138. The summed E-state index contributed by atoms with van der Waals surface area (Å²) in [7, 11) is -3.11. The van der Waals surface area contributed by atoms with Crippen LogP contribution in [0.4, 0.5) is 0 Å². The minimum atomic E-state index is -3.11. The van der Waals surface area contributed by atoms with Crippen molar-refractivity contribution in [3.63, 3.8) is 0 Å². The quantitative estimate of drug-likeness (QED) is 0.816. The van der Waals surface area contributed by atoms with Crippen molar-refractivity contribution in [1.82, 2.24) is 0 Å². The topological polar surface area (TPSA) is 60.2 Å². The highest BCUT2D eigenvalue weighted by Crippen LogP contribution is 2.12. The normalized spacial score (nSPS) is 10.2. The number of nitrogens with two attached hydrogens (primary N) is 1. The smallest absolute Gasteiger partial charge is 0.178 e. The van der Waals surface area contributed by atoms with Gasteiger partial charge in [-0.1, -0.05) is 29.8 Å². The van der Waals surface area contributed by atoms with Gasteiger partial charge in [0, 0.05) is 0 Å². The van der Waals surface area contributed by atoms with Crippen molar-refractivity contribution in [2.45, 2.75) is 24.7 Å². The van der Waals surface area contributed by atoms with Crippen LogP contribution in [0.3, 0.4) is 0 Å². The Kier molecular flexibility index (Phi) is 8.83. The van der Waals surface area contributed by atoms with Gasteiger partial charge in [0.05, 0.1) is 10.6 Å². The van der Waals surface area contributed by atoms with E-state index in [0.29, 0.717) is 11.3 Å². The summed E-state index contributed by atoms with van der Waals surface area (Å²) in [5, 5.41) is 0. The molecule has 0 heterocycles. The third kappa shape index (κ3) is 7.59. The molecule has 0 radical (unpaired) electrons. The van der Waals surface area contributed by atoms with Gasteiger partial charge in [-0.25, -0.2) is 8.42 Å². The highest BCUT2D eigenvalue weighted by atomic mass is 32.2. The van der Waals surface area contributed by atoms with Crippen LogP contribution in [-0.4, -0.2) is 20.7 Å². The third-order valence-electron chi connectivity index (χ3n) is 2.34. The molecule has 2 N–H and O–H groups in total. The molecule has 0 aliphatic rings.